The molecule has 3 heteroatoms. The van der Waals surface area contributed by atoms with Gasteiger partial charge in [0, 0.05) is 0 Å². The third kappa shape index (κ3) is 2.45. The third-order valence-corrected chi connectivity index (χ3v) is 5.73. The Hall–Kier alpha value is -0.120. The summed E-state index contributed by atoms with van der Waals surface area (Å²) >= 11 is 0. The van der Waals surface area contributed by atoms with E-state index in [-0.39, 0.29) is 12.5 Å². The molecule has 2 saturated carbocycles. The molecule has 0 amide bonds. The number of fused-ring (bicyclic) bond motifs is 1. The Labute approximate surface area is 110 Å². The molecule has 0 aliphatic heterocycles. The first-order valence-electron chi connectivity index (χ1n) is 7.33. The van der Waals surface area contributed by atoms with Crippen LogP contribution in [0.5, 0.6) is 0 Å². The fraction of sp³-hybridized carbons (Fsp3) is 1.00. The molecule has 0 aromatic rings. The van der Waals surface area contributed by atoms with Gasteiger partial charge in [-0.25, -0.2) is 0 Å². The largest absolute Gasteiger partial charge is 0.393 e. The summed E-state index contributed by atoms with van der Waals surface area (Å²) < 4.78 is 0. The van der Waals surface area contributed by atoms with Crippen molar-refractivity contribution in [2.24, 2.45) is 23.7 Å². The maximum absolute atomic E-state index is 10.7. The average molecular weight is 256 g/mol. The van der Waals surface area contributed by atoms with Gasteiger partial charge in [-0.3, -0.25) is 0 Å². The van der Waals surface area contributed by atoms with Crippen molar-refractivity contribution >= 4 is 0 Å². The Kier molecular flexibility index (Phi) is 3.79. The van der Waals surface area contributed by atoms with Crippen LogP contribution in [0.4, 0.5) is 0 Å². The zero-order valence-electron chi connectivity index (χ0n) is 11.9. The highest BCUT2D eigenvalue weighted by atomic mass is 16.3. The molecule has 2 fully saturated rings. The molecule has 0 radical (unpaired) electrons. The van der Waals surface area contributed by atoms with Gasteiger partial charge < -0.3 is 15.3 Å². The Balaban J connectivity index is 2.21. The van der Waals surface area contributed by atoms with Crippen LogP contribution >= 0.6 is 0 Å². The molecule has 2 rings (SSSR count). The van der Waals surface area contributed by atoms with Crippen molar-refractivity contribution in [1.29, 1.82) is 0 Å². The first kappa shape index (κ1) is 14.3. The predicted octanol–water partition coefficient (Wildman–Crippen LogP) is 1.94. The Morgan fingerprint density at radius 3 is 2.56 bits per heavy atom. The molecule has 3 nitrogen and oxygen atoms in total. The van der Waals surface area contributed by atoms with Gasteiger partial charge in [0.15, 0.2) is 0 Å². The average Bonchev–Trinajstić information content (AvgIpc) is 2.59. The number of aliphatic hydroxyl groups excluding tert-OH is 1. The fourth-order valence-corrected chi connectivity index (χ4v) is 4.23. The summed E-state index contributed by atoms with van der Waals surface area (Å²) in [6, 6.07) is 0. The van der Waals surface area contributed by atoms with E-state index in [9.17, 15) is 15.3 Å². The molecule has 2 aliphatic carbocycles. The molecule has 0 aromatic heterocycles. The lowest BCUT2D eigenvalue weighted by molar-refractivity contribution is -0.0569. The molecule has 6 atom stereocenters. The van der Waals surface area contributed by atoms with E-state index in [1.54, 1.807) is 6.92 Å². The molecule has 0 bridgehead atoms. The number of aliphatic hydroxyl groups is 3. The second kappa shape index (κ2) is 4.77. The van der Waals surface area contributed by atoms with Gasteiger partial charge in [-0.05, 0) is 63.2 Å². The van der Waals surface area contributed by atoms with Crippen LogP contribution in [0.25, 0.3) is 0 Å². The normalized spacial score (nSPS) is 48.3. The topological polar surface area (TPSA) is 60.7 Å². The highest BCUT2D eigenvalue weighted by Gasteiger charge is 2.49. The number of hydrogen-bond donors (Lipinski definition) is 3. The first-order chi connectivity index (χ1) is 8.28. The van der Waals surface area contributed by atoms with Crippen LogP contribution in [0, 0.1) is 23.7 Å². The molecule has 0 heterocycles. The van der Waals surface area contributed by atoms with Crippen molar-refractivity contribution in [2.75, 3.05) is 6.61 Å². The van der Waals surface area contributed by atoms with Crippen molar-refractivity contribution in [3.05, 3.63) is 0 Å². The van der Waals surface area contributed by atoms with Crippen LogP contribution in [-0.2, 0) is 0 Å². The maximum atomic E-state index is 10.7. The van der Waals surface area contributed by atoms with E-state index < -0.39 is 11.2 Å². The monoisotopic (exact) mass is 256 g/mol. The summed E-state index contributed by atoms with van der Waals surface area (Å²) in [5.41, 5.74) is -1.61. The summed E-state index contributed by atoms with van der Waals surface area (Å²) in [6.45, 7) is 5.76. The van der Waals surface area contributed by atoms with E-state index in [0.717, 1.165) is 25.7 Å². The molecule has 18 heavy (non-hydrogen) atoms. The minimum Gasteiger partial charge on any atom is -0.393 e. The molecule has 0 spiro atoms. The van der Waals surface area contributed by atoms with Crippen LogP contribution in [-0.4, -0.2) is 33.1 Å². The van der Waals surface area contributed by atoms with Gasteiger partial charge in [-0.1, -0.05) is 13.3 Å². The summed E-state index contributed by atoms with van der Waals surface area (Å²) in [5, 5.41) is 30.3. The zero-order valence-corrected chi connectivity index (χ0v) is 11.9. The smallest absolute Gasteiger partial charge is 0.0877 e. The van der Waals surface area contributed by atoms with Crippen LogP contribution < -0.4 is 0 Å². The SMILES string of the molecule is C[C@H]1CC[C@H]2[C@@H]1C[C@@H](C(C)(O)CO)CC[C@@]2(C)O. The highest BCUT2D eigenvalue weighted by Crippen LogP contribution is 2.51. The van der Waals surface area contributed by atoms with Crippen LogP contribution in [0.1, 0.15) is 52.9 Å². The summed E-state index contributed by atoms with van der Waals surface area (Å²) in [4.78, 5) is 0. The van der Waals surface area contributed by atoms with Gasteiger partial charge in [-0.15, -0.1) is 0 Å². The van der Waals surface area contributed by atoms with Gasteiger partial charge in [0.05, 0.1) is 17.8 Å². The standard InChI is InChI=1S/C15H28O3/c1-10-4-5-13-12(10)8-11(15(3,18)9-16)6-7-14(13,2)17/h10-13,16-18H,4-9H2,1-3H3/t10-,11-,12+,13-,14+,15?/m0/s1. The summed E-state index contributed by atoms with van der Waals surface area (Å²) in [5.74, 6) is 1.58. The molecule has 0 aromatic carbocycles. The molecule has 106 valence electrons. The first-order valence-corrected chi connectivity index (χ1v) is 7.33. The predicted molar refractivity (Wildman–Crippen MR) is 71.1 cm³/mol. The van der Waals surface area contributed by atoms with E-state index in [0.29, 0.717) is 17.8 Å². The summed E-state index contributed by atoms with van der Waals surface area (Å²) in [6.07, 6.45) is 4.77. The lowest BCUT2D eigenvalue weighted by atomic mass is 9.76. The van der Waals surface area contributed by atoms with Crippen molar-refractivity contribution in [2.45, 2.75) is 64.1 Å². The van der Waals surface area contributed by atoms with Gasteiger partial charge in [-0.2, -0.15) is 0 Å². The van der Waals surface area contributed by atoms with Crippen molar-refractivity contribution in [3.63, 3.8) is 0 Å². The van der Waals surface area contributed by atoms with Crippen molar-refractivity contribution in [3.8, 4) is 0 Å². The fourth-order valence-electron chi connectivity index (χ4n) is 4.23. The summed E-state index contributed by atoms with van der Waals surface area (Å²) in [7, 11) is 0. The molecule has 2 aliphatic rings. The van der Waals surface area contributed by atoms with Crippen molar-refractivity contribution in [1.82, 2.24) is 0 Å². The van der Waals surface area contributed by atoms with Crippen LogP contribution in [0.2, 0.25) is 0 Å². The van der Waals surface area contributed by atoms with Gasteiger partial charge in [0.25, 0.3) is 0 Å². The van der Waals surface area contributed by atoms with E-state index in [4.69, 9.17) is 0 Å². The lowest BCUT2D eigenvalue weighted by Crippen LogP contribution is -2.39. The van der Waals surface area contributed by atoms with Crippen LogP contribution in [0.15, 0.2) is 0 Å². The Bertz CT molecular complexity index is 298. The quantitative estimate of drug-likeness (QED) is 0.707. The minimum atomic E-state index is -1.01. The minimum absolute atomic E-state index is 0.101. The van der Waals surface area contributed by atoms with Crippen molar-refractivity contribution < 1.29 is 15.3 Å². The Morgan fingerprint density at radius 1 is 1.28 bits per heavy atom. The second-order valence-corrected chi connectivity index (χ2v) is 7.17. The van der Waals surface area contributed by atoms with E-state index in [1.165, 1.54) is 6.42 Å². The molecule has 0 saturated heterocycles. The molecular weight excluding hydrogens is 228 g/mol. The third-order valence-electron chi connectivity index (χ3n) is 5.73. The zero-order chi connectivity index (χ0) is 13.6. The number of hydrogen-bond acceptors (Lipinski definition) is 3. The van der Waals surface area contributed by atoms with Gasteiger partial charge in [0.2, 0.25) is 0 Å². The highest BCUT2D eigenvalue weighted by molar-refractivity contribution is 4.99. The lowest BCUT2D eigenvalue weighted by Gasteiger charge is -2.34. The maximum Gasteiger partial charge on any atom is 0.0877 e. The van der Waals surface area contributed by atoms with E-state index in [2.05, 4.69) is 6.92 Å². The molecule has 3 N–H and O–H groups in total. The molecule has 1 unspecified atom stereocenters. The number of rotatable bonds is 2. The van der Waals surface area contributed by atoms with Gasteiger partial charge in [0.1, 0.15) is 0 Å². The van der Waals surface area contributed by atoms with Crippen LogP contribution in [0.3, 0.4) is 0 Å². The molecular formula is C15H28O3. The van der Waals surface area contributed by atoms with E-state index >= 15 is 0 Å². The second-order valence-electron chi connectivity index (χ2n) is 7.17. The van der Waals surface area contributed by atoms with E-state index in [1.807, 2.05) is 6.92 Å². The van der Waals surface area contributed by atoms with Gasteiger partial charge >= 0.3 is 0 Å². The Morgan fingerprint density at radius 2 is 1.94 bits per heavy atom.